The highest BCUT2D eigenvalue weighted by Crippen LogP contribution is 2.58. The summed E-state index contributed by atoms with van der Waals surface area (Å²) in [5, 5.41) is 0. The molecule has 1 aromatic rings. The molecular weight excluding hydrogens is 230 g/mol. The number of methoxy groups -OCH3 is 1. The summed E-state index contributed by atoms with van der Waals surface area (Å²) in [7, 11) is 1.47. The zero-order chi connectivity index (χ0) is 12.6. The van der Waals surface area contributed by atoms with Crippen LogP contribution < -0.4 is 0 Å². The van der Waals surface area contributed by atoms with Crippen LogP contribution in [0.2, 0.25) is 0 Å². The SMILES string of the molecule is COC(=O)C1(C2(c3cccnc3)COC2)CCC1. The van der Waals surface area contributed by atoms with Crippen molar-refractivity contribution in [2.75, 3.05) is 20.3 Å². The summed E-state index contributed by atoms with van der Waals surface area (Å²) in [5.74, 6) is -0.0964. The van der Waals surface area contributed by atoms with Gasteiger partial charge in [-0.25, -0.2) is 0 Å². The molecule has 2 heterocycles. The molecule has 1 aromatic heterocycles. The van der Waals surface area contributed by atoms with Crippen molar-refractivity contribution in [3.63, 3.8) is 0 Å². The molecule has 0 amide bonds. The second kappa shape index (κ2) is 4.05. The summed E-state index contributed by atoms with van der Waals surface area (Å²) in [6, 6.07) is 3.96. The maximum absolute atomic E-state index is 12.2. The third kappa shape index (κ3) is 1.29. The van der Waals surface area contributed by atoms with Crippen LogP contribution in [-0.4, -0.2) is 31.3 Å². The van der Waals surface area contributed by atoms with Crippen molar-refractivity contribution >= 4 is 5.97 Å². The van der Waals surface area contributed by atoms with E-state index in [2.05, 4.69) is 4.98 Å². The Morgan fingerprint density at radius 2 is 2.22 bits per heavy atom. The van der Waals surface area contributed by atoms with Gasteiger partial charge < -0.3 is 9.47 Å². The Hall–Kier alpha value is -1.42. The van der Waals surface area contributed by atoms with E-state index in [1.54, 1.807) is 6.20 Å². The molecule has 0 radical (unpaired) electrons. The fourth-order valence-electron chi connectivity index (χ4n) is 3.28. The van der Waals surface area contributed by atoms with Gasteiger partial charge in [-0.2, -0.15) is 0 Å². The molecule has 0 bridgehead atoms. The van der Waals surface area contributed by atoms with Crippen LogP contribution in [0.1, 0.15) is 24.8 Å². The van der Waals surface area contributed by atoms with Crippen LogP contribution in [0.15, 0.2) is 24.5 Å². The minimum Gasteiger partial charge on any atom is -0.469 e. The Bertz CT molecular complexity index is 449. The molecule has 4 heteroatoms. The lowest BCUT2D eigenvalue weighted by atomic mass is 9.50. The standard InChI is InChI=1S/C14H17NO3/c1-17-12(16)13(5-3-6-13)14(9-18-10-14)11-4-2-7-15-8-11/h2,4,7-8H,3,5-6,9-10H2,1H3. The topological polar surface area (TPSA) is 48.4 Å². The largest absolute Gasteiger partial charge is 0.469 e. The lowest BCUT2D eigenvalue weighted by Gasteiger charge is -2.57. The molecule has 0 spiro atoms. The monoisotopic (exact) mass is 247 g/mol. The summed E-state index contributed by atoms with van der Waals surface area (Å²) in [4.78, 5) is 16.4. The van der Waals surface area contributed by atoms with Crippen LogP contribution in [0, 0.1) is 5.41 Å². The predicted molar refractivity (Wildman–Crippen MR) is 65.0 cm³/mol. The number of hydrogen-bond donors (Lipinski definition) is 0. The number of hydrogen-bond acceptors (Lipinski definition) is 4. The zero-order valence-corrected chi connectivity index (χ0v) is 10.5. The van der Waals surface area contributed by atoms with Gasteiger partial charge in [0.2, 0.25) is 0 Å². The molecule has 2 aliphatic rings. The van der Waals surface area contributed by atoms with Crippen molar-refractivity contribution in [3.05, 3.63) is 30.1 Å². The van der Waals surface area contributed by atoms with Crippen LogP contribution in [0.25, 0.3) is 0 Å². The lowest BCUT2D eigenvalue weighted by molar-refractivity contribution is -0.195. The van der Waals surface area contributed by atoms with Gasteiger partial charge in [-0.3, -0.25) is 9.78 Å². The van der Waals surface area contributed by atoms with E-state index >= 15 is 0 Å². The smallest absolute Gasteiger partial charge is 0.312 e. The quantitative estimate of drug-likeness (QED) is 0.763. The van der Waals surface area contributed by atoms with Gasteiger partial charge in [0.15, 0.2) is 0 Å². The Morgan fingerprint density at radius 3 is 2.61 bits per heavy atom. The maximum atomic E-state index is 12.2. The minimum absolute atomic E-state index is 0.0964. The molecule has 1 saturated carbocycles. The zero-order valence-electron chi connectivity index (χ0n) is 10.5. The first-order chi connectivity index (χ1) is 8.75. The second-order valence-corrected chi connectivity index (χ2v) is 5.24. The third-order valence-corrected chi connectivity index (χ3v) is 4.61. The molecule has 4 nitrogen and oxygen atoms in total. The first-order valence-electron chi connectivity index (χ1n) is 6.32. The summed E-state index contributed by atoms with van der Waals surface area (Å²) in [5.41, 5.74) is 0.469. The van der Waals surface area contributed by atoms with Crippen LogP contribution in [0.3, 0.4) is 0 Å². The van der Waals surface area contributed by atoms with Gasteiger partial charge in [-0.05, 0) is 24.5 Å². The Kier molecular flexibility index (Phi) is 2.63. The van der Waals surface area contributed by atoms with Crippen molar-refractivity contribution in [3.8, 4) is 0 Å². The number of rotatable bonds is 3. The molecule has 1 aliphatic heterocycles. The molecule has 18 heavy (non-hydrogen) atoms. The summed E-state index contributed by atoms with van der Waals surface area (Å²) >= 11 is 0. The number of aromatic nitrogens is 1. The van der Waals surface area contributed by atoms with Gasteiger partial charge in [-0.1, -0.05) is 12.5 Å². The number of carbonyl (C=O) groups excluding carboxylic acids is 1. The van der Waals surface area contributed by atoms with Gasteiger partial charge in [-0.15, -0.1) is 0 Å². The molecule has 1 saturated heterocycles. The average Bonchev–Trinajstić information content (AvgIpc) is 2.31. The molecular formula is C14H17NO3. The third-order valence-electron chi connectivity index (χ3n) is 4.61. The van der Waals surface area contributed by atoms with Gasteiger partial charge in [0.05, 0.1) is 31.2 Å². The van der Waals surface area contributed by atoms with Crippen molar-refractivity contribution in [2.45, 2.75) is 24.7 Å². The van der Waals surface area contributed by atoms with Crippen molar-refractivity contribution in [1.29, 1.82) is 0 Å². The Labute approximate surface area is 106 Å². The van der Waals surface area contributed by atoms with E-state index in [9.17, 15) is 4.79 Å². The van der Waals surface area contributed by atoms with Gasteiger partial charge in [0.1, 0.15) is 0 Å². The number of ether oxygens (including phenoxy) is 2. The van der Waals surface area contributed by atoms with Crippen molar-refractivity contribution in [1.82, 2.24) is 4.98 Å². The molecule has 2 fully saturated rings. The highest BCUT2D eigenvalue weighted by molar-refractivity contribution is 5.80. The normalized spacial score (nSPS) is 23.6. The van der Waals surface area contributed by atoms with Crippen LogP contribution in [-0.2, 0) is 19.7 Å². The number of carbonyl (C=O) groups is 1. The number of esters is 1. The summed E-state index contributed by atoms with van der Waals surface area (Å²) < 4.78 is 10.5. The first kappa shape index (κ1) is 11.7. The molecule has 1 aliphatic carbocycles. The van der Waals surface area contributed by atoms with Crippen molar-refractivity contribution < 1.29 is 14.3 Å². The summed E-state index contributed by atoms with van der Waals surface area (Å²) in [6.07, 6.45) is 6.46. The van der Waals surface area contributed by atoms with E-state index in [4.69, 9.17) is 9.47 Å². The minimum atomic E-state index is -0.400. The number of pyridine rings is 1. The highest BCUT2D eigenvalue weighted by atomic mass is 16.5. The molecule has 0 N–H and O–H groups in total. The predicted octanol–water partition coefficient (Wildman–Crippen LogP) is 1.69. The van der Waals surface area contributed by atoms with Gasteiger partial charge >= 0.3 is 5.97 Å². The fourth-order valence-corrected chi connectivity index (χ4v) is 3.28. The molecule has 0 aromatic carbocycles. The Balaban J connectivity index is 2.04. The number of nitrogens with zero attached hydrogens (tertiary/aromatic N) is 1. The van der Waals surface area contributed by atoms with E-state index in [-0.39, 0.29) is 11.4 Å². The lowest BCUT2D eigenvalue weighted by Crippen LogP contribution is -2.65. The fraction of sp³-hybridized carbons (Fsp3) is 0.571. The first-order valence-corrected chi connectivity index (χ1v) is 6.32. The van der Waals surface area contributed by atoms with E-state index in [1.807, 2.05) is 18.3 Å². The summed E-state index contributed by atoms with van der Waals surface area (Å²) in [6.45, 7) is 1.18. The maximum Gasteiger partial charge on any atom is 0.312 e. The van der Waals surface area contributed by atoms with Gasteiger partial charge in [0.25, 0.3) is 0 Å². The van der Waals surface area contributed by atoms with Crippen LogP contribution in [0.5, 0.6) is 0 Å². The van der Waals surface area contributed by atoms with E-state index in [0.717, 1.165) is 24.8 Å². The van der Waals surface area contributed by atoms with Crippen LogP contribution >= 0.6 is 0 Å². The van der Waals surface area contributed by atoms with Crippen molar-refractivity contribution in [2.24, 2.45) is 5.41 Å². The molecule has 96 valence electrons. The Morgan fingerprint density at radius 1 is 1.44 bits per heavy atom. The van der Waals surface area contributed by atoms with Gasteiger partial charge in [0, 0.05) is 12.4 Å². The second-order valence-electron chi connectivity index (χ2n) is 5.24. The van der Waals surface area contributed by atoms with Crippen LogP contribution in [0.4, 0.5) is 0 Å². The van der Waals surface area contributed by atoms with E-state index in [1.165, 1.54) is 7.11 Å². The molecule has 0 atom stereocenters. The highest BCUT2D eigenvalue weighted by Gasteiger charge is 2.64. The molecule has 0 unspecified atom stereocenters. The molecule has 3 rings (SSSR count). The van der Waals surface area contributed by atoms with E-state index < -0.39 is 5.41 Å². The van der Waals surface area contributed by atoms with E-state index in [0.29, 0.717) is 13.2 Å². The average molecular weight is 247 g/mol.